The fraction of sp³-hybridized carbons (Fsp3) is 0.667. The van der Waals surface area contributed by atoms with Gasteiger partial charge >= 0.3 is 0 Å². The first kappa shape index (κ1) is 14.1. The van der Waals surface area contributed by atoms with Crippen molar-refractivity contribution in [1.82, 2.24) is 5.06 Å². The van der Waals surface area contributed by atoms with Gasteiger partial charge in [-0.15, -0.1) is 0 Å². The van der Waals surface area contributed by atoms with Gasteiger partial charge < -0.3 is 0 Å². The van der Waals surface area contributed by atoms with Crippen LogP contribution in [0.25, 0.3) is 0 Å². The molecule has 2 aliphatic rings. The molecule has 0 atom stereocenters. The van der Waals surface area contributed by atoms with Gasteiger partial charge in [-0.2, -0.15) is 5.06 Å². The van der Waals surface area contributed by atoms with Gasteiger partial charge in [-0.25, -0.2) is 0 Å². The molecule has 1 aromatic carbocycles. The van der Waals surface area contributed by atoms with Gasteiger partial charge in [-0.3, -0.25) is 4.84 Å². The highest BCUT2D eigenvalue weighted by atomic mass is 16.7. The van der Waals surface area contributed by atoms with Crippen molar-refractivity contribution in [2.45, 2.75) is 77.0 Å². The Balaban J connectivity index is 1.91. The lowest BCUT2D eigenvalue weighted by molar-refractivity contribution is -0.291. The van der Waals surface area contributed by atoms with E-state index >= 15 is 0 Å². The Bertz CT molecular complexity index is 451. The number of nitrogens with zero attached hydrogens (tertiary/aromatic N) is 1. The Hall–Kier alpha value is -0.860. The molecular formula is C18H27NO. The van der Waals surface area contributed by atoms with E-state index in [4.69, 9.17) is 4.84 Å². The normalized spacial score (nSPS) is 25.6. The lowest BCUT2D eigenvalue weighted by Gasteiger charge is -2.42. The Labute approximate surface area is 123 Å². The van der Waals surface area contributed by atoms with Gasteiger partial charge in [0.2, 0.25) is 0 Å². The van der Waals surface area contributed by atoms with Crippen LogP contribution in [0.3, 0.4) is 0 Å². The van der Waals surface area contributed by atoms with Gasteiger partial charge in [0.1, 0.15) is 0 Å². The quantitative estimate of drug-likeness (QED) is 0.772. The van der Waals surface area contributed by atoms with Gasteiger partial charge in [0.05, 0.1) is 17.2 Å². The Morgan fingerprint density at radius 1 is 0.900 bits per heavy atom. The standard InChI is InChI=1S/C18H27NO/c1-17(2)15-12-8-9-13-16(15)18(3,4)19(17)20-14-10-6-5-7-11-14/h8-9,12-14H,5-7,10-11H2,1-4H3. The predicted octanol–water partition coefficient (Wildman–Crippen LogP) is 4.74. The lowest BCUT2D eigenvalue weighted by Crippen LogP contribution is -2.47. The maximum absolute atomic E-state index is 6.50. The molecule has 1 heterocycles. The Morgan fingerprint density at radius 3 is 1.90 bits per heavy atom. The molecule has 1 aliphatic heterocycles. The van der Waals surface area contributed by atoms with E-state index in [0.29, 0.717) is 6.10 Å². The number of hydrogen-bond acceptors (Lipinski definition) is 2. The van der Waals surface area contributed by atoms with E-state index in [9.17, 15) is 0 Å². The maximum atomic E-state index is 6.50. The van der Waals surface area contributed by atoms with Crippen molar-refractivity contribution in [3.63, 3.8) is 0 Å². The molecule has 0 radical (unpaired) electrons. The third-order valence-corrected chi connectivity index (χ3v) is 5.07. The molecular weight excluding hydrogens is 246 g/mol. The second-order valence-corrected chi connectivity index (χ2v) is 7.32. The summed E-state index contributed by atoms with van der Waals surface area (Å²) in [5.74, 6) is 0. The molecule has 110 valence electrons. The zero-order valence-electron chi connectivity index (χ0n) is 13.3. The van der Waals surface area contributed by atoms with Crippen molar-refractivity contribution in [3.05, 3.63) is 35.4 Å². The smallest absolute Gasteiger partial charge is 0.0794 e. The highest BCUT2D eigenvalue weighted by Crippen LogP contribution is 2.50. The van der Waals surface area contributed by atoms with E-state index in [1.807, 2.05) is 0 Å². The van der Waals surface area contributed by atoms with Crippen LogP contribution in [-0.2, 0) is 15.9 Å². The first-order valence-corrected chi connectivity index (χ1v) is 8.01. The van der Waals surface area contributed by atoms with Crippen molar-refractivity contribution in [3.8, 4) is 0 Å². The van der Waals surface area contributed by atoms with Crippen LogP contribution in [0.1, 0.15) is 70.9 Å². The van der Waals surface area contributed by atoms with Gasteiger partial charge in [0.25, 0.3) is 0 Å². The fourth-order valence-corrected chi connectivity index (χ4v) is 4.05. The molecule has 2 nitrogen and oxygen atoms in total. The molecule has 0 saturated heterocycles. The summed E-state index contributed by atoms with van der Waals surface area (Å²) in [5, 5.41) is 2.26. The molecule has 0 spiro atoms. The highest BCUT2D eigenvalue weighted by Gasteiger charge is 2.50. The molecule has 2 heteroatoms. The van der Waals surface area contributed by atoms with E-state index in [1.54, 1.807) is 0 Å². The third-order valence-electron chi connectivity index (χ3n) is 5.07. The zero-order valence-corrected chi connectivity index (χ0v) is 13.3. The molecule has 0 bridgehead atoms. The van der Waals surface area contributed by atoms with Gasteiger partial charge in [0.15, 0.2) is 0 Å². The van der Waals surface area contributed by atoms with Crippen LogP contribution in [0.5, 0.6) is 0 Å². The molecule has 3 rings (SSSR count). The third kappa shape index (κ3) is 2.10. The van der Waals surface area contributed by atoms with Crippen molar-refractivity contribution in [2.75, 3.05) is 0 Å². The van der Waals surface area contributed by atoms with Crippen molar-refractivity contribution in [2.24, 2.45) is 0 Å². The fourth-order valence-electron chi connectivity index (χ4n) is 4.05. The summed E-state index contributed by atoms with van der Waals surface area (Å²) in [7, 11) is 0. The van der Waals surface area contributed by atoms with E-state index in [2.05, 4.69) is 57.0 Å². The summed E-state index contributed by atoms with van der Waals surface area (Å²) in [6, 6.07) is 8.78. The number of fused-ring (bicyclic) bond motifs is 1. The van der Waals surface area contributed by atoms with Crippen LogP contribution < -0.4 is 0 Å². The number of rotatable bonds is 2. The van der Waals surface area contributed by atoms with Crippen LogP contribution in [-0.4, -0.2) is 11.2 Å². The maximum Gasteiger partial charge on any atom is 0.0794 e. The lowest BCUT2D eigenvalue weighted by atomic mass is 9.91. The van der Waals surface area contributed by atoms with Crippen LogP contribution in [0.2, 0.25) is 0 Å². The average molecular weight is 273 g/mol. The zero-order chi connectivity index (χ0) is 14.4. The number of benzene rings is 1. The summed E-state index contributed by atoms with van der Waals surface area (Å²) in [6.45, 7) is 9.12. The second kappa shape index (κ2) is 4.85. The number of hydroxylamine groups is 2. The molecule has 0 unspecified atom stereocenters. The minimum absolute atomic E-state index is 0.0580. The molecule has 0 N–H and O–H groups in total. The van der Waals surface area contributed by atoms with Crippen LogP contribution in [0, 0.1) is 0 Å². The van der Waals surface area contributed by atoms with E-state index in [0.717, 1.165) is 0 Å². The molecule has 20 heavy (non-hydrogen) atoms. The summed E-state index contributed by atoms with van der Waals surface area (Å²) in [6.07, 6.45) is 6.81. The van der Waals surface area contributed by atoms with Gasteiger partial charge in [0, 0.05) is 0 Å². The summed E-state index contributed by atoms with van der Waals surface area (Å²) in [5.41, 5.74) is 2.69. The molecule has 1 aliphatic carbocycles. The van der Waals surface area contributed by atoms with Crippen molar-refractivity contribution >= 4 is 0 Å². The average Bonchev–Trinajstić information content (AvgIpc) is 2.59. The van der Waals surface area contributed by atoms with Crippen LogP contribution in [0.15, 0.2) is 24.3 Å². The minimum atomic E-state index is -0.0580. The van der Waals surface area contributed by atoms with E-state index < -0.39 is 0 Å². The van der Waals surface area contributed by atoms with Crippen LogP contribution in [0.4, 0.5) is 0 Å². The minimum Gasteiger partial charge on any atom is -0.294 e. The largest absolute Gasteiger partial charge is 0.294 e. The van der Waals surface area contributed by atoms with Crippen LogP contribution >= 0.6 is 0 Å². The SMILES string of the molecule is CC1(C)c2ccccc2C(C)(C)N1OC1CCCCC1. The number of hydrogen-bond donors (Lipinski definition) is 0. The summed E-state index contributed by atoms with van der Waals surface area (Å²) in [4.78, 5) is 6.50. The van der Waals surface area contributed by atoms with Gasteiger partial charge in [-0.1, -0.05) is 43.5 Å². The second-order valence-electron chi connectivity index (χ2n) is 7.32. The molecule has 1 aromatic rings. The molecule has 0 aromatic heterocycles. The summed E-state index contributed by atoms with van der Waals surface area (Å²) < 4.78 is 0. The molecule has 1 saturated carbocycles. The van der Waals surface area contributed by atoms with Crippen molar-refractivity contribution < 1.29 is 4.84 Å². The molecule has 0 amide bonds. The van der Waals surface area contributed by atoms with Gasteiger partial charge in [-0.05, 0) is 51.7 Å². The monoisotopic (exact) mass is 273 g/mol. The Morgan fingerprint density at radius 2 is 1.40 bits per heavy atom. The Kier molecular flexibility index (Phi) is 3.42. The van der Waals surface area contributed by atoms with E-state index in [1.165, 1.54) is 43.2 Å². The summed E-state index contributed by atoms with van der Waals surface area (Å²) >= 11 is 0. The topological polar surface area (TPSA) is 12.5 Å². The van der Waals surface area contributed by atoms with E-state index in [-0.39, 0.29) is 11.1 Å². The first-order valence-electron chi connectivity index (χ1n) is 8.01. The highest BCUT2D eigenvalue weighted by molar-refractivity contribution is 5.42. The molecule has 1 fully saturated rings. The first-order chi connectivity index (χ1) is 9.44. The predicted molar refractivity (Wildman–Crippen MR) is 82.3 cm³/mol. The van der Waals surface area contributed by atoms with Crippen molar-refractivity contribution in [1.29, 1.82) is 0 Å².